The van der Waals surface area contributed by atoms with Crippen LogP contribution in [0.15, 0.2) is 187 Å². The summed E-state index contributed by atoms with van der Waals surface area (Å²) >= 11 is 0. The number of rotatable bonds is 17. The van der Waals surface area contributed by atoms with E-state index in [1.165, 1.54) is 76.1 Å². The first-order valence-corrected chi connectivity index (χ1v) is 49.7. The van der Waals surface area contributed by atoms with Gasteiger partial charge in [-0.1, -0.05) is 24.3 Å². The fourth-order valence-electron chi connectivity index (χ4n) is 19.2. The zero-order valence-electron chi connectivity index (χ0n) is 154. The molecule has 0 spiro atoms. The number of nitrogens with one attached hydrogen (secondary N) is 5. The number of amides is 2. The van der Waals surface area contributed by atoms with Crippen molar-refractivity contribution in [1.82, 2.24) is 80.1 Å². The number of aromatic hydroxyl groups is 1. The highest BCUT2D eigenvalue weighted by Gasteiger charge is 2.48. The summed E-state index contributed by atoms with van der Waals surface area (Å²) in [7, 11) is -1.08. The van der Waals surface area contributed by atoms with Gasteiger partial charge in [-0.25, -0.2) is 49.6 Å². The zero-order chi connectivity index (χ0) is 175. The Morgan fingerprint density at radius 1 is 0.490 bits per heavy atom. The lowest BCUT2D eigenvalue weighted by Gasteiger charge is -2.36. The molecule has 3 aliphatic carbocycles. The highest BCUT2D eigenvalue weighted by atomic mass is 32.2. The van der Waals surface area contributed by atoms with Crippen molar-refractivity contribution in [3.63, 3.8) is 0 Å². The van der Waals surface area contributed by atoms with Crippen LogP contribution in [0.2, 0.25) is 0 Å². The van der Waals surface area contributed by atoms with Crippen LogP contribution in [0.1, 0.15) is 182 Å². The summed E-state index contributed by atoms with van der Waals surface area (Å²) < 4.78 is 504. The summed E-state index contributed by atoms with van der Waals surface area (Å²) in [4.78, 5) is 95.2. The van der Waals surface area contributed by atoms with Gasteiger partial charge in [-0.15, -0.1) is 0 Å². The Bertz CT molecular complexity index is 8240. The van der Waals surface area contributed by atoms with Crippen LogP contribution in [0.5, 0.6) is 40.8 Å². The average molecular weight is 2130 g/mol. The van der Waals surface area contributed by atoms with Crippen molar-refractivity contribution < 1.29 is 183 Å². The Balaban J connectivity index is -0.000000125. The zero-order valence-corrected chi connectivity index (χ0v) is 81.5. The predicted octanol–water partition coefficient (Wildman–Crippen LogP) is 24.5. The van der Waals surface area contributed by atoms with Crippen molar-refractivity contribution in [3.8, 4) is 40.8 Å². The van der Waals surface area contributed by atoms with Crippen molar-refractivity contribution in [3.05, 3.63) is 205 Å². The van der Waals surface area contributed by atoms with Gasteiger partial charge in [-0.2, -0.15) is 19.9 Å². The number of aromatic amines is 3. The number of nitrogens with zero attached hydrogens (tertiary/aromatic N) is 16. The first-order chi connectivity index (χ1) is 105. The minimum absolute atomic E-state index is 0.00777. The lowest BCUT2D eigenvalue weighted by Crippen LogP contribution is -2.46. The molecule has 23 rings (SSSR count). The second kappa shape index (κ2) is 38.7. The van der Waals surface area contributed by atoms with E-state index in [0.29, 0.717) is 120 Å². The number of sulfone groups is 2. The number of carbonyl (C=O) groups is 2. The Hall–Kier alpha value is -15.1. The molecule has 12 aromatic heterocycles. The van der Waals surface area contributed by atoms with E-state index in [9.17, 15) is 30.8 Å². The van der Waals surface area contributed by atoms with Crippen LogP contribution in [-0.2, 0) is 40.7 Å². The number of H-pyrrole nitrogens is 3. The Labute approximate surface area is 932 Å². The standard InChI is InChI=1S/C32H33FN4O8S2.C30H31FN8O3.C25H23FN8O.C8H6N2O.C6H12N2.37H2/c1-32(2,3)45-31(38)37(4)25-16-21(33)15-24-26-28(34-27(24)25)35-30(47(41,42)18-20-9-13-23(44-6)14-10-20)36-29(26)46(39,40)17-19-7-11-22(43-5)12-8-19;1-30(2,3)42-29(40)38(4)23-10-16(31)9-18-24-26(35-25(18)23)36-28(37-27(24)39-13-15-8-20(32)19(15)14-39)41-17-11-22-21(34-12-17)6-5-7-33-22;1-28-20-7-13(26)6-15-21-23(31-22(15)20)32-25(33-24(21)34-10-12-5-17(27)16(12)11-34)35-14-8-19-18(30-9-14)3-2-4-29-19;11-6-4-8-7(10-5-6)2-1-3-9-8;7-6-1-4-2-8-3-5(4)6;;;;;;;;;;;;;;;;;;;;;;;;;;;;;;;;;;;;;/h7-16H,17-18H2,1-6H3,(H,34,35,36);5-7,9-12,15,19-20H,8,13-14,32H2,1-4H3,(H,35,36,37);2-4,6-9,12,16-17,28H,5,10-11,27H2,1H3,(H,31,32,33);1-5,11H;4-6,8H,1-3,7H2;37*1H/t;15-,19+,20-;12-,16+,17-;;4-,5+,6-;;;;;;;;;;;;;;;;;;;;;;;;;;;;;;;;;;;;;/m.11.1...................................../s1/i;;;;;37*1+1D. The van der Waals surface area contributed by atoms with Crippen molar-refractivity contribution in [1.29, 1.82) is 0 Å². The largest absolute Gasteiger partial charge is 0.506 e. The average Bonchev–Trinajstić information content (AvgIpc) is 1.59. The van der Waals surface area contributed by atoms with Crippen LogP contribution in [0.3, 0.4) is 0 Å². The number of aromatic nitrogens is 15. The Morgan fingerprint density at radius 2 is 0.909 bits per heavy atom. The molecule has 17 aromatic rings. The van der Waals surface area contributed by atoms with Gasteiger partial charge in [0.2, 0.25) is 19.7 Å². The van der Waals surface area contributed by atoms with E-state index in [1.54, 1.807) is 147 Å². The Kier molecular flexibility index (Phi) is 16.7. The maximum absolute atomic E-state index is 15.2. The van der Waals surface area contributed by atoms with Gasteiger partial charge in [0.25, 0.3) is 5.16 Å². The molecule has 0 bridgehead atoms. The first kappa shape index (κ1) is 61.6. The SMILES string of the molecule is CN(C(=O)OC(C)(C)C)c1cc(F)cc2c1[nH]c1nc(Oc3cnc4cccnc4c3)nc(N3C[C@H]4C[C@@H](N)[C@H]4C3)c12.CNc1cc(F)cc2c1[nH]c1nc(Oc3cnc4cccnc4c3)nc(N3C[C@H]4C[C@@H](N)[C@H]4C3)c12.COc1ccc(CS(=O)(=O)c2nc(S(=O)(=O)Cc3ccc(OC)cc3)c3c(n2)[nH]c2c(N(C)C(=O)OC(C)(C)C)cc(F)cc23)cc1.N[C@@H]1C[C@@H]2CNC[C@@H]21.Oc1cnc2cccnc2c1.[2H][2H].[2H][2H].[2H][2H].[2H][2H].[2H][2H].[2H][2H].[2H][2H].[2H][2H].[2H][2H].[2H][2H].[2H][2H].[2H][2H].[2H][2H].[2H][2H].[2H][2H].[2H][2H].[2H][2H].[2H][2H].[2H][2H].[2H][2H].[2H][2H].[2H][2H].[2H][2H].[2H][2H].[2H][2H].[2H][2H].[2H][2H].[2H][2H].[2H][2H].[2H][2H].[2H][2H].[2H][2H].[2H][2H].[2H][2H].[2H][2H].[2H][2H].[2H][2H]. The molecule has 15 heterocycles. The third kappa shape index (κ3) is 20.2. The number of halogens is 3. The topological polar surface area (TPSA) is 495 Å². The number of benzene rings is 5. The molecular formula is C101H179F3N24O13S2. The molecule has 9 atom stereocenters. The molecule has 3 aliphatic heterocycles. The monoisotopic (exact) mass is 2130 g/mol. The van der Waals surface area contributed by atoms with E-state index in [-0.39, 0.29) is 63.3 Å². The molecule has 2 amide bonds. The van der Waals surface area contributed by atoms with Crippen molar-refractivity contribution in [2.45, 2.75) is 112 Å². The molecule has 143 heavy (non-hydrogen) atoms. The summed E-state index contributed by atoms with van der Waals surface area (Å²) in [5.41, 5.74) is 25.1. The minimum Gasteiger partial charge on any atom is -0.506 e. The maximum atomic E-state index is 15.2. The molecule has 3 saturated carbocycles. The number of methoxy groups -OCH3 is 2. The van der Waals surface area contributed by atoms with E-state index >= 15 is 8.78 Å². The molecule has 814 valence electrons. The van der Waals surface area contributed by atoms with Gasteiger partial charge in [0.1, 0.15) is 74.5 Å². The number of ether oxygens (including phenoxy) is 6. The minimum atomic E-state index is -4.39. The third-order valence-electron chi connectivity index (χ3n) is 26.4. The number of pyridine rings is 6. The highest BCUT2D eigenvalue weighted by Crippen LogP contribution is 2.49. The van der Waals surface area contributed by atoms with Gasteiger partial charge in [0, 0.05) is 228 Å². The number of fused-ring (bicyclic) bond motifs is 15. The molecule has 3 saturated heterocycles. The van der Waals surface area contributed by atoms with Gasteiger partial charge in [0.05, 0.1) is 127 Å². The second-order valence-electron chi connectivity index (χ2n) is 38.4. The predicted molar refractivity (Wildman–Crippen MR) is 615 cm³/mol. The van der Waals surface area contributed by atoms with Crippen LogP contribution in [0, 0.1) is 53.0 Å². The van der Waals surface area contributed by atoms with Crippen molar-refractivity contribution >= 4 is 159 Å². The molecular weight excluding hydrogens is 1880 g/mol. The van der Waals surface area contributed by atoms with Gasteiger partial charge in [-0.05, 0) is 218 Å². The molecule has 6 aliphatic rings. The third-order valence-corrected chi connectivity index (χ3v) is 29.4. The highest BCUT2D eigenvalue weighted by molar-refractivity contribution is 7.91. The van der Waals surface area contributed by atoms with Gasteiger partial charge >= 0.3 is 24.2 Å². The van der Waals surface area contributed by atoms with Crippen LogP contribution in [0.4, 0.5) is 51.5 Å². The molecule has 0 radical (unpaired) electrons. The van der Waals surface area contributed by atoms with Crippen molar-refractivity contribution in [2.24, 2.45) is 52.7 Å². The summed E-state index contributed by atoms with van der Waals surface area (Å²) in [6.07, 6.45) is 11.5. The molecule has 42 heteroatoms. The summed E-state index contributed by atoms with van der Waals surface area (Å²) in [6.45, 7) is 15.9. The number of hydrogen-bond donors (Lipinski definition) is 9. The van der Waals surface area contributed by atoms with Crippen molar-refractivity contribution in [2.75, 3.05) is 99.5 Å². The summed E-state index contributed by atoms with van der Waals surface area (Å²) in [5.74, 6) is 4.31. The molecule has 6 fully saturated rings. The van der Waals surface area contributed by atoms with E-state index in [1.807, 2.05) is 42.5 Å². The fourth-order valence-corrected chi connectivity index (χ4v) is 22.0. The maximum Gasteiger partial charge on any atom is 0.414 e. The van der Waals surface area contributed by atoms with E-state index in [0.717, 1.165) is 112 Å². The van der Waals surface area contributed by atoms with Crippen LogP contribution < -0.4 is 66.4 Å². The molecule has 12 N–H and O–H groups in total. The quantitative estimate of drug-likeness (QED) is 0.0302. The number of anilines is 5. The summed E-state index contributed by atoms with van der Waals surface area (Å²) in [6, 6.07) is 37.9. The van der Waals surface area contributed by atoms with Gasteiger partial charge < -0.3 is 86.1 Å². The fraction of sp³-hybridized carbons (Fsp3) is 0.327. The van der Waals surface area contributed by atoms with Crippen LogP contribution >= 0.6 is 0 Å². The van der Waals surface area contributed by atoms with E-state index in [4.69, 9.17) is 171 Å². The molecule has 0 unspecified atom stereocenters. The Morgan fingerprint density at radius 3 is 1.34 bits per heavy atom. The van der Waals surface area contributed by atoms with Crippen LogP contribution in [0.25, 0.3) is 98.9 Å². The van der Waals surface area contributed by atoms with Gasteiger partial charge in [-0.3, -0.25) is 39.7 Å². The molecule has 37 nitrogen and oxygen atoms in total. The second-order valence-corrected chi connectivity index (χ2v) is 42.2. The number of nitrogens with two attached hydrogens (primary N) is 3. The normalized spacial score (nSPS) is 21.0. The summed E-state index contributed by atoms with van der Waals surface area (Å²) in [5, 5.41) is 16.7. The smallest absolute Gasteiger partial charge is 0.414 e. The van der Waals surface area contributed by atoms with E-state index in [2.05, 4.69) is 85.2 Å². The lowest BCUT2D eigenvalue weighted by molar-refractivity contribution is 0.0579. The van der Waals surface area contributed by atoms with E-state index < -0.39 is 76.4 Å². The lowest BCUT2D eigenvalue weighted by atomic mass is 9.72. The van der Waals surface area contributed by atoms with Gasteiger partial charge in [0.15, 0.2) is 16.5 Å². The number of carbonyl (C=O) groups excluding carboxylic acids is 2. The first-order valence-electron chi connectivity index (χ1n) is 83.4. The number of hydrogen-bond acceptors (Lipinski definition) is 32. The molecule has 5 aromatic carbocycles. The van der Waals surface area contributed by atoms with Crippen LogP contribution in [-0.4, -0.2) is 213 Å².